The number of halogens is 1. The number of nitrogens with one attached hydrogen (secondary N) is 2. The van der Waals surface area contributed by atoms with Crippen molar-refractivity contribution in [2.45, 2.75) is 32.4 Å². The predicted molar refractivity (Wildman–Crippen MR) is 154 cm³/mol. The Kier molecular flexibility index (Phi) is 7.98. The number of aromatic amines is 1. The zero-order chi connectivity index (χ0) is 26.6. The number of H-pyrrole nitrogens is 1. The molecule has 2 aromatic heterocycles. The molecule has 1 amide bonds. The maximum atomic E-state index is 13.8. The third-order valence-electron chi connectivity index (χ3n) is 7.21. The molecule has 5 rings (SSSR count). The van der Waals surface area contributed by atoms with Gasteiger partial charge in [0.05, 0.1) is 18.2 Å². The van der Waals surface area contributed by atoms with Crippen LogP contribution in [-0.4, -0.2) is 64.6 Å². The summed E-state index contributed by atoms with van der Waals surface area (Å²) < 4.78 is 0. The smallest absolute Gasteiger partial charge is 0.231 e. The lowest BCUT2D eigenvalue weighted by molar-refractivity contribution is -0.133. The lowest BCUT2D eigenvalue weighted by Gasteiger charge is -2.38. The summed E-state index contributed by atoms with van der Waals surface area (Å²) in [5, 5.41) is 14.6. The number of carbonyl (C=O) groups excluding carboxylic acids is 1. The van der Waals surface area contributed by atoms with Crippen molar-refractivity contribution < 1.29 is 9.90 Å². The minimum absolute atomic E-state index is 0.0158. The van der Waals surface area contributed by atoms with Gasteiger partial charge in [-0.3, -0.25) is 4.79 Å². The van der Waals surface area contributed by atoms with Gasteiger partial charge in [-0.2, -0.15) is 0 Å². The molecule has 0 aliphatic carbocycles. The van der Waals surface area contributed by atoms with E-state index < -0.39 is 0 Å². The Morgan fingerprint density at radius 2 is 1.76 bits per heavy atom. The standard InChI is InChI=1S/C30H34ClN5O2/c1-20(2)33-18-27(23-7-9-24(31)10-8-23)30(38)36-15-13-35(14-16-36)28-25-11-12-32-29(25)34-17-26(28)22-5-3-21(19-37)4-6-22/h3-12,17,20,27,33,37H,13-16,18-19H2,1-2H3,(H,32,34). The molecule has 1 aliphatic rings. The van der Waals surface area contributed by atoms with Gasteiger partial charge in [0.1, 0.15) is 5.65 Å². The number of carbonyl (C=O) groups is 1. The first kappa shape index (κ1) is 26.2. The normalized spacial score (nSPS) is 14.9. The van der Waals surface area contributed by atoms with Crippen molar-refractivity contribution in [2.24, 2.45) is 0 Å². The highest BCUT2D eigenvalue weighted by molar-refractivity contribution is 6.30. The average Bonchev–Trinajstić information content (AvgIpc) is 3.42. The molecule has 198 valence electrons. The van der Waals surface area contributed by atoms with Gasteiger partial charge in [0.15, 0.2) is 0 Å². The molecule has 2 aromatic carbocycles. The van der Waals surface area contributed by atoms with E-state index in [2.05, 4.69) is 40.1 Å². The fraction of sp³-hybridized carbons (Fsp3) is 0.333. The summed E-state index contributed by atoms with van der Waals surface area (Å²) in [6, 6.07) is 17.9. The predicted octanol–water partition coefficient (Wildman–Crippen LogP) is 4.81. The van der Waals surface area contributed by atoms with Crippen molar-refractivity contribution in [1.29, 1.82) is 0 Å². The van der Waals surface area contributed by atoms with Crippen LogP contribution in [0.15, 0.2) is 67.0 Å². The van der Waals surface area contributed by atoms with Crippen LogP contribution in [-0.2, 0) is 11.4 Å². The second-order valence-electron chi connectivity index (χ2n) is 10.1. The maximum Gasteiger partial charge on any atom is 0.231 e. The topological polar surface area (TPSA) is 84.5 Å². The zero-order valence-electron chi connectivity index (χ0n) is 21.8. The van der Waals surface area contributed by atoms with Crippen LogP contribution in [0.2, 0.25) is 5.02 Å². The van der Waals surface area contributed by atoms with E-state index in [1.165, 1.54) is 0 Å². The van der Waals surface area contributed by atoms with Gasteiger partial charge in [0.2, 0.25) is 5.91 Å². The molecular weight excluding hydrogens is 498 g/mol. The van der Waals surface area contributed by atoms with Crippen LogP contribution in [0.25, 0.3) is 22.2 Å². The molecular formula is C30H34ClN5O2. The fourth-order valence-corrected chi connectivity index (χ4v) is 5.23. The molecule has 1 aliphatic heterocycles. The number of amides is 1. The largest absolute Gasteiger partial charge is 0.392 e. The molecule has 1 unspecified atom stereocenters. The highest BCUT2D eigenvalue weighted by atomic mass is 35.5. The van der Waals surface area contributed by atoms with E-state index in [1.807, 2.05) is 65.8 Å². The third-order valence-corrected chi connectivity index (χ3v) is 7.47. The number of anilines is 1. The summed E-state index contributed by atoms with van der Waals surface area (Å²) in [4.78, 5) is 26.0. The number of nitrogens with zero attached hydrogens (tertiary/aromatic N) is 3. The summed E-state index contributed by atoms with van der Waals surface area (Å²) in [7, 11) is 0. The van der Waals surface area contributed by atoms with Crippen LogP contribution in [0.5, 0.6) is 0 Å². The van der Waals surface area contributed by atoms with Crippen molar-refractivity contribution in [3.8, 4) is 11.1 Å². The number of hydrogen-bond acceptors (Lipinski definition) is 5. The number of aliphatic hydroxyl groups is 1. The van der Waals surface area contributed by atoms with Crippen LogP contribution >= 0.6 is 11.6 Å². The minimum Gasteiger partial charge on any atom is -0.392 e. The maximum absolute atomic E-state index is 13.8. The van der Waals surface area contributed by atoms with Gasteiger partial charge in [-0.1, -0.05) is 61.8 Å². The van der Waals surface area contributed by atoms with Crippen LogP contribution < -0.4 is 10.2 Å². The van der Waals surface area contributed by atoms with Gasteiger partial charge in [0.25, 0.3) is 0 Å². The Morgan fingerprint density at radius 3 is 2.42 bits per heavy atom. The molecule has 7 nitrogen and oxygen atoms in total. The summed E-state index contributed by atoms with van der Waals surface area (Å²) in [5.41, 5.74) is 5.91. The zero-order valence-corrected chi connectivity index (χ0v) is 22.6. The Balaban J connectivity index is 1.38. The van der Waals surface area contributed by atoms with Gasteiger partial charge >= 0.3 is 0 Å². The molecule has 1 fully saturated rings. The van der Waals surface area contributed by atoms with Gasteiger partial charge < -0.3 is 25.2 Å². The Bertz CT molecular complexity index is 1380. The number of benzene rings is 2. The third kappa shape index (κ3) is 5.55. The molecule has 0 saturated carbocycles. The lowest BCUT2D eigenvalue weighted by atomic mass is 9.96. The SMILES string of the molecule is CC(C)NCC(C(=O)N1CCN(c2c(-c3ccc(CO)cc3)cnc3[nH]ccc23)CC1)c1ccc(Cl)cc1. The van der Waals surface area contributed by atoms with Crippen molar-refractivity contribution in [2.75, 3.05) is 37.6 Å². The summed E-state index contributed by atoms with van der Waals surface area (Å²) in [6.07, 6.45) is 3.83. The molecule has 8 heteroatoms. The number of rotatable bonds is 8. The van der Waals surface area contributed by atoms with E-state index in [1.54, 1.807) is 0 Å². The van der Waals surface area contributed by atoms with Gasteiger partial charge in [-0.05, 0) is 34.9 Å². The quantitative estimate of drug-likeness (QED) is 0.304. The van der Waals surface area contributed by atoms with Crippen molar-refractivity contribution in [3.63, 3.8) is 0 Å². The molecule has 38 heavy (non-hydrogen) atoms. The molecule has 1 atom stereocenters. The highest BCUT2D eigenvalue weighted by Gasteiger charge is 2.30. The van der Waals surface area contributed by atoms with Crippen LogP contribution in [0.3, 0.4) is 0 Å². The molecule has 1 saturated heterocycles. The van der Waals surface area contributed by atoms with Crippen molar-refractivity contribution >= 4 is 34.2 Å². The molecule has 4 aromatic rings. The summed E-state index contributed by atoms with van der Waals surface area (Å²) >= 11 is 6.12. The minimum atomic E-state index is -0.265. The Hall–Kier alpha value is -3.39. The van der Waals surface area contributed by atoms with Crippen LogP contribution in [0.1, 0.15) is 30.9 Å². The first-order valence-electron chi connectivity index (χ1n) is 13.1. The van der Waals surface area contributed by atoms with E-state index in [4.69, 9.17) is 11.6 Å². The number of pyridine rings is 1. The number of hydrogen-bond donors (Lipinski definition) is 3. The van der Waals surface area contributed by atoms with E-state index in [-0.39, 0.29) is 24.5 Å². The fourth-order valence-electron chi connectivity index (χ4n) is 5.10. The Morgan fingerprint density at radius 1 is 1.05 bits per heavy atom. The molecule has 0 bridgehead atoms. The van der Waals surface area contributed by atoms with E-state index in [0.29, 0.717) is 24.7 Å². The Labute approximate surface area is 228 Å². The first-order valence-corrected chi connectivity index (χ1v) is 13.5. The van der Waals surface area contributed by atoms with Crippen LogP contribution in [0, 0.1) is 0 Å². The molecule has 0 spiro atoms. The first-order chi connectivity index (χ1) is 18.4. The molecule has 3 heterocycles. The second-order valence-corrected chi connectivity index (χ2v) is 10.5. The van der Waals surface area contributed by atoms with E-state index in [0.717, 1.165) is 52.1 Å². The second kappa shape index (κ2) is 11.6. The van der Waals surface area contributed by atoms with Crippen molar-refractivity contribution in [1.82, 2.24) is 20.2 Å². The van der Waals surface area contributed by atoms with E-state index in [9.17, 15) is 9.90 Å². The number of fused-ring (bicyclic) bond motifs is 1. The average molecular weight is 532 g/mol. The van der Waals surface area contributed by atoms with Crippen LogP contribution in [0.4, 0.5) is 5.69 Å². The number of aromatic nitrogens is 2. The van der Waals surface area contributed by atoms with Crippen molar-refractivity contribution in [3.05, 3.63) is 83.1 Å². The van der Waals surface area contributed by atoms with Gasteiger partial charge in [-0.25, -0.2) is 4.98 Å². The number of aliphatic hydroxyl groups excluding tert-OH is 1. The molecule has 0 radical (unpaired) electrons. The monoisotopic (exact) mass is 531 g/mol. The van der Waals surface area contributed by atoms with Gasteiger partial charge in [-0.15, -0.1) is 0 Å². The highest BCUT2D eigenvalue weighted by Crippen LogP contribution is 2.37. The summed E-state index contributed by atoms with van der Waals surface area (Å²) in [6.45, 7) is 7.51. The summed E-state index contributed by atoms with van der Waals surface area (Å²) in [5.74, 6) is -0.124. The molecule has 3 N–H and O–H groups in total. The number of piperazine rings is 1. The lowest BCUT2D eigenvalue weighted by Crippen LogP contribution is -2.51. The van der Waals surface area contributed by atoms with E-state index >= 15 is 0 Å². The van der Waals surface area contributed by atoms with Gasteiger partial charge in [0, 0.05) is 67.1 Å².